The minimum atomic E-state index is -1.31. The van der Waals surface area contributed by atoms with Crippen molar-refractivity contribution in [3.05, 3.63) is 50.1 Å². The Bertz CT molecular complexity index is 1560. The summed E-state index contributed by atoms with van der Waals surface area (Å²) in [5.74, 6) is -2.84. The van der Waals surface area contributed by atoms with E-state index in [2.05, 4.69) is 25.5 Å². The molecule has 4 heterocycles. The Morgan fingerprint density at radius 3 is 2.67 bits per heavy atom. The van der Waals surface area contributed by atoms with Gasteiger partial charge in [-0.3, -0.25) is 14.4 Å². The molecule has 5 N–H and O–H groups in total. The molecule has 3 aliphatic heterocycles. The van der Waals surface area contributed by atoms with Gasteiger partial charge in [0, 0.05) is 23.6 Å². The smallest absolute Gasteiger partial charge is 0.355 e. The normalized spacial score (nSPS) is 23.8. The lowest BCUT2D eigenvalue weighted by Crippen LogP contribution is -2.74. The minimum Gasteiger partial charge on any atom is -0.481 e. The standard InChI is InChI=1S/C26H29IN8O7S4/c1-25(2,3)41-22(38)15(13-7-5-4-6-8-13)42-32-18(35-16(27)17(28)46-33-35)19(36)30-14-20(37)34-9-26(23(39)40,10-43-21(14)34)11-44-24-31-29-12-45-24/h4-8,12,14-15,21,33H,9-11,28H2,1-3H3,(H,30,36)(H,39,40)/t14?,15?,21-,26?/m1/s1. The number of carbonyl (C=O) groups excluding carboxylic acids is 3. The topological polar surface area (TPSA) is 202 Å². The predicted octanol–water partition coefficient (Wildman–Crippen LogP) is 2.50. The van der Waals surface area contributed by atoms with Crippen LogP contribution in [0.3, 0.4) is 0 Å². The van der Waals surface area contributed by atoms with E-state index in [1.165, 1.54) is 44.8 Å². The molecule has 1 aromatic heterocycles. The maximum absolute atomic E-state index is 13.7. The van der Waals surface area contributed by atoms with Gasteiger partial charge in [-0.2, -0.15) is 4.83 Å². The number of aromatic nitrogens is 2. The van der Waals surface area contributed by atoms with E-state index in [9.17, 15) is 24.3 Å². The first-order valence-electron chi connectivity index (χ1n) is 13.5. The van der Waals surface area contributed by atoms with Crippen molar-refractivity contribution in [2.45, 2.75) is 48.2 Å². The first kappa shape index (κ1) is 34.5. The molecule has 0 saturated carbocycles. The fourth-order valence-electron chi connectivity index (χ4n) is 4.47. The van der Waals surface area contributed by atoms with Crippen LogP contribution in [0.15, 0.2) is 54.1 Å². The van der Waals surface area contributed by atoms with Crippen LogP contribution in [0.5, 0.6) is 0 Å². The number of hydrogen-bond donors (Lipinski definition) is 4. The van der Waals surface area contributed by atoms with Gasteiger partial charge in [-0.15, -0.1) is 22.0 Å². The molecular weight excluding hydrogens is 792 g/mol. The van der Waals surface area contributed by atoms with Crippen LogP contribution in [0.2, 0.25) is 0 Å². The summed E-state index contributed by atoms with van der Waals surface area (Å²) in [6.45, 7) is 5.14. The highest BCUT2D eigenvalue weighted by atomic mass is 127. The second-order valence-corrected chi connectivity index (χ2v) is 16.2. The summed E-state index contributed by atoms with van der Waals surface area (Å²) >= 11 is 6.83. The monoisotopic (exact) mass is 820 g/mol. The largest absolute Gasteiger partial charge is 0.481 e. The first-order chi connectivity index (χ1) is 21.8. The second kappa shape index (κ2) is 14.1. The van der Waals surface area contributed by atoms with Gasteiger partial charge in [0.2, 0.25) is 12.0 Å². The highest BCUT2D eigenvalue weighted by Gasteiger charge is 2.58. The van der Waals surface area contributed by atoms with Gasteiger partial charge in [0.05, 0.1) is 0 Å². The number of ether oxygens (including phenoxy) is 1. The summed E-state index contributed by atoms with van der Waals surface area (Å²) in [6.07, 6.45) is -1.31. The van der Waals surface area contributed by atoms with Crippen LogP contribution in [0.25, 0.3) is 0 Å². The fraction of sp³-hybridized carbons (Fsp3) is 0.423. The van der Waals surface area contributed by atoms with E-state index in [0.29, 0.717) is 18.6 Å². The number of nitrogens with two attached hydrogens (primary N) is 1. The van der Waals surface area contributed by atoms with Crippen molar-refractivity contribution in [1.29, 1.82) is 0 Å². The van der Waals surface area contributed by atoms with E-state index in [1.807, 2.05) is 22.6 Å². The zero-order valence-corrected chi connectivity index (χ0v) is 30.0. The Kier molecular flexibility index (Phi) is 10.6. The third-order valence-corrected chi connectivity index (χ3v) is 12.6. The number of carbonyl (C=O) groups is 4. The number of rotatable bonds is 9. The maximum Gasteiger partial charge on any atom is 0.355 e. The molecule has 0 bridgehead atoms. The number of hydrazine groups is 1. The minimum absolute atomic E-state index is 0.0167. The number of benzene rings is 1. The molecule has 1 aromatic carbocycles. The van der Waals surface area contributed by atoms with Gasteiger partial charge in [0.1, 0.15) is 36.7 Å². The van der Waals surface area contributed by atoms with Crippen molar-refractivity contribution in [2.75, 3.05) is 18.1 Å². The molecule has 3 unspecified atom stereocenters. The number of aliphatic carboxylic acids is 1. The van der Waals surface area contributed by atoms with Crippen LogP contribution in [0, 0.1) is 5.41 Å². The summed E-state index contributed by atoms with van der Waals surface area (Å²) in [7, 11) is 0. The molecule has 46 heavy (non-hydrogen) atoms. The molecule has 0 radical (unpaired) electrons. The van der Waals surface area contributed by atoms with Crippen molar-refractivity contribution in [3.63, 3.8) is 0 Å². The van der Waals surface area contributed by atoms with Crippen molar-refractivity contribution in [3.8, 4) is 0 Å². The van der Waals surface area contributed by atoms with Gasteiger partial charge in [-0.25, -0.2) is 9.80 Å². The molecule has 0 spiro atoms. The number of amidine groups is 1. The van der Waals surface area contributed by atoms with E-state index < -0.39 is 52.3 Å². The Balaban J connectivity index is 1.33. The number of halogens is 1. The average Bonchev–Trinajstić information content (AvgIpc) is 3.66. The number of esters is 1. The number of carboxylic acid groups (broad SMARTS) is 1. The average molecular weight is 821 g/mol. The van der Waals surface area contributed by atoms with Crippen molar-refractivity contribution < 1.29 is 33.9 Å². The van der Waals surface area contributed by atoms with E-state index in [1.54, 1.807) is 56.6 Å². The number of β-lactam (4-membered cyclic amide) rings is 1. The molecule has 2 fully saturated rings. The van der Waals surface area contributed by atoms with Crippen molar-refractivity contribution in [2.24, 2.45) is 16.3 Å². The number of thioether (sulfide) groups is 2. The molecular formula is C26H29IN8O7S4. The van der Waals surface area contributed by atoms with Crippen LogP contribution in [0.4, 0.5) is 0 Å². The van der Waals surface area contributed by atoms with Gasteiger partial charge in [-0.05, 0) is 55.3 Å². The number of oxime groups is 1. The summed E-state index contributed by atoms with van der Waals surface area (Å²) < 4.78 is 6.60. The second-order valence-electron chi connectivity index (χ2n) is 11.2. The molecule has 246 valence electrons. The zero-order chi connectivity index (χ0) is 33.2. The molecule has 2 amide bonds. The van der Waals surface area contributed by atoms with Crippen LogP contribution in [0.1, 0.15) is 32.4 Å². The van der Waals surface area contributed by atoms with E-state index >= 15 is 0 Å². The Morgan fingerprint density at radius 1 is 1.33 bits per heavy atom. The van der Waals surface area contributed by atoms with Crippen LogP contribution < -0.4 is 15.9 Å². The van der Waals surface area contributed by atoms with Crippen LogP contribution in [-0.4, -0.2) is 89.9 Å². The summed E-state index contributed by atoms with van der Waals surface area (Å²) in [4.78, 5) is 62.6. The molecule has 2 aromatic rings. The van der Waals surface area contributed by atoms with E-state index in [-0.39, 0.29) is 23.9 Å². The SMILES string of the molecule is CC(C)(C)OC(=O)C(ON=C(C(=O)NC1C(=O)N2CC(CSc3nncs3)(C(=O)O)CS[C@H]12)N1NSC(N)=C1I)c1ccccc1. The number of hydrogen-bond acceptors (Lipinski definition) is 15. The lowest BCUT2D eigenvalue weighted by atomic mass is 9.89. The van der Waals surface area contributed by atoms with E-state index in [4.69, 9.17) is 15.3 Å². The first-order valence-corrected chi connectivity index (χ1v) is 18.4. The Labute approximate surface area is 294 Å². The molecule has 20 heteroatoms. The lowest BCUT2D eigenvalue weighted by molar-refractivity contribution is -0.169. The van der Waals surface area contributed by atoms with Crippen LogP contribution in [-0.2, 0) is 28.8 Å². The summed E-state index contributed by atoms with van der Waals surface area (Å²) in [5, 5.41) is 25.8. The predicted molar refractivity (Wildman–Crippen MR) is 182 cm³/mol. The fourth-order valence-corrected chi connectivity index (χ4v) is 9.21. The number of fused-ring (bicyclic) bond motifs is 1. The van der Waals surface area contributed by atoms with Gasteiger partial charge >= 0.3 is 11.9 Å². The Morgan fingerprint density at radius 2 is 2.07 bits per heavy atom. The number of nitrogens with one attached hydrogen (secondary N) is 2. The van der Waals surface area contributed by atoms with Crippen LogP contribution >= 0.6 is 69.4 Å². The third kappa shape index (κ3) is 7.51. The summed E-state index contributed by atoms with van der Waals surface area (Å²) in [5.41, 5.74) is 6.03. The van der Waals surface area contributed by atoms with E-state index in [0.717, 1.165) is 11.9 Å². The Hall–Kier alpha value is -2.79. The van der Waals surface area contributed by atoms with Gasteiger partial charge in [-0.1, -0.05) is 58.6 Å². The molecule has 5 rings (SSSR count). The van der Waals surface area contributed by atoms with Gasteiger partial charge < -0.3 is 30.6 Å². The third-order valence-electron chi connectivity index (χ3n) is 6.73. The molecule has 4 atom stereocenters. The highest BCUT2D eigenvalue weighted by Crippen LogP contribution is 2.44. The zero-order valence-electron chi connectivity index (χ0n) is 24.5. The maximum atomic E-state index is 13.7. The quantitative estimate of drug-likeness (QED) is 0.0331. The highest BCUT2D eigenvalue weighted by molar-refractivity contribution is 14.1. The lowest BCUT2D eigenvalue weighted by Gasteiger charge is -2.53. The van der Waals surface area contributed by atoms with Gasteiger partial charge in [0.25, 0.3) is 11.7 Å². The number of amides is 2. The summed E-state index contributed by atoms with van der Waals surface area (Å²) in [6, 6.07) is 7.61. The molecule has 0 aliphatic carbocycles. The molecule has 3 aliphatic rings. The number of nitrogens with zero attached hydrogens (tertiary/aromatic N) is 5. The van der Waals surface area contributed by atoms with Crippen molar-refractivity contribution in [1.82, 2.24) is 30.3 Å². The van der Waals surface area contributed by atoms with Gasteiger partial charge in [0.15, 0.2) is 4.34 Å². The molecule has 2 saturated heterocycles. The number of carboxylic acids is 1. The molecule has 15 nitrogen and oxygen atoms in total. The van der Waals surface area contributed by atoms with Crippen molar-refractivity contribution >= 4 is 99.0 Å².